The van der Waals surface area contributed by atoms with E-state index in [-0.39, 0.29) is 54.7 Å². The van der Waals surface area contributed by atoms with Crippen molar-refractivity contribution in [2.75, 3.05) is 152 Å². The van der Waals surface area contributed by atoms with Gasteiger partial charge in [0.15, 0.2) is 11.6 Å². The number of aliphatic carboxylic acids is 4. The summed E-state index contributed by atoms with van der Waals surface area (Å²) in [5.41, 5.74) is 34.8. The zero-order chi connectivity index (χ0) is 88.9. The van der Waals surface area contributed by atoms with Gasteiger partial charge in [0.05, 0.1) is 127 Å². The summed E-state index contributed by atoms with van der Waals surface area (Å²) in [5.74, 6) is -4.01. The number of ether oxygens (including phenoxy) is 4. The van der Waals surface area contributed by atoms with E-state index in [9.17, 15) is 43.5 Å². The minimum Gasteiger partial charge on any atom is -0.481 e. The zero-order valence-corrected chi connectivity index (χ0v) is 72.7. The Morgan fingerprint density at radius 2 is 0.927 bits per heavy atom. The summed E-state index contributed by atoms with van der Waals surface area (Å²) in [6.07, 6.45) is 13.9. The molecule has 2 aliphatic heterocycles. The Balaban J connectivity index is 0.000000281. The highest BCUT2D eigenvalue weighted by Gasteiger charge is 2.29. The Morgan fingerprint density at radius 1 is 0.500 bits per heavy atom. The average molecular weight is 1760 g/mol. The number of anilines is 4. The van der Waals surface area contributed by atoms with Crippen LogP contribution < -0.4 is 44.2 Å². The lowest BCUT2D eigenvalue weighted by molar-refractivity contribution is -0.139. The number of thioether (sulfide) groups is 2. The molecule has 2 unspecified atom stereocenters. The van der Waals surface area contributed by atoms with Crippen LogP contribution in [0.1, 0.15) is 123 Å². The number of benzene rings is 2. The molecule has 4 amide bonds. The summed E-state index contributed by atoms with van der Waals surface area (Å²) >= 11 is 1.68. The molecular formula is C82H120N24O16S2. The molecule has 0 spiro atoms. The monoisotopic (exact) mass is 1760 g/mol. The fourth-order valence-electron chi connectivity index (χ4n) is 13.7. The van der Waals surface area contributed by atoms with Crippen molar-refractivity contribution in [1.82, 2.24) is 89.3 Å². The second-order valence-corrected chi connectivity index (χ2v) is 32.9. The Bertz CT molecular complexity index is 4760. The Morgan fingerprint density at radius 3 is 1.34 bits per heavy atom. The van der Waals surface area contributed by atoms with E-state index >= 15 is 0 Å². The molecule has 42 heteroatoms. The van der Waals surface area contributed by atoms with E-state index in [1.807, 2.05) is 34.3 Å². The number of fused-ring (bicyclic) bond motifs is 2. The molecule has 40 nitrogen and oxygen atoms in total. The maximum absolute atomic E-state index is 12.9. The number of piperazine rings is 2. The number of carboxylic acids is 4. The normalized spacial score (nSPS) is 14.2. The highest BCUT2D eigenvalue weighted by Crippen LogP contribution is 2.29. The lowest BCUT2D eigenvalue weighted by atomic mass is 10.0. The summed E-state index contributed by atoms with van der Waals surface area (Å²) in [5, 5.41) is 62.4. The largest absolute Gasteiger partial charge is 0.481 e. The van der Waals surface area contributed by atoms with Crippen molar-refractivity contribution in [3.63, 3.8) is 0 Å². The number of nitrogen functional groups attached to an aromatic ring is 2. The van der Waals surface area contributed by atoms with Crippen molar-refractivity contribution in [2.24, 2.45) is 11.5 Å². The van der Waals surface area contributed by atoms with Gasteiger partial charge in [-0.2, -0.15) is 9.97 Å². The predicted molar refractivity (Wildman–Crippen MR) is 469 cm³/mol. The molecule has 0 aliphatic carbocycles. The van der Waals surface area contributed by atoms with E-state index in [4.69, 9.17) is 57.2 Å². The summed E-state index contributed by atoms with van der Waals surface area (Å²) in [6.45, 7) is 22.8. The third-order valence-corrected chi connectivity index (χ3v) is 23.4. The summed E-state index contributed by atoms with van der Waals surface area (Å²) in [6, 6.07) is 14.8. The number of amides is 4. The number of unbranched alkanes of at least 4 members (excludes halogenated alkanes) is 4. The standard InChI is InChI=1S/2C41H60N12O8S/c1-3-4-5-10-44-38-37-33(46-41(43)47-38)8-11-52(37)25-30-7-6-29(21-28(30)2)24-50-12-14-51(15-13-50)36(55)9-17-60-19-20-61-18-16-53-26-31(48-49-53)23-45-35(54)22-34(40(58)59)62-27-32(42)39(56)57;1-3-4-5-10-44-38-37-33(46-41(43)47-38)8-11-52(37)25-30-7-6-29(21-28(30)2)24-50-12-14-51(15-13-50)35(54)9-17-60-19-20-61-18-16-53-26-31(48-49-53)23-45-39(57)34(22-36(55)56)62-27-32(42)40(58)59/h6-8,11,21,26,32,34H,3-5,9-10,12-20,22-25,27,42H2,1-2H3,(H,45,54)(H,56,57)(H,58,59)(H3,43,44,46,47);6-8,11,21,26,32,34H,3-5,9-10,12-20,22-25,27,42H2,1-2H3,(H,45,57)(H,55,56)(H,58,59)(H3,43,44,46,47)/t2*32-,34?/m00/s1. The third kappa shape index (κ3) is 32.1. The van der Waals surface area contributed by atoms with Gasteiger partial charge in [-0.05, 0) is 72.2 Å². The molecule has 2 aromatic carbocycles. The molecule has 10 rings (SSSR count). The lowest BCUT2D eigenvalue weighted by Gasteiger charge is -2.35. The minimum absolute atomic E-state index is 0.0132. The van der Waals surface area contributed by atoms with Crippen LogP contribution in [-0.2, 0) is 110 Å². The van der Waals surface area contributed by atoms with Crippen molar-refractivity contribution >= 4 is 117 Å². The van der Waals surface area contributed by atoms with Crippen LogP contribution >= 0.6 is 23.5 Å². The topological polar surface area (TPSA) is 542 Å². The van der Waals surface area contributed by atoms with Gasteiger partial charge in [-0.1, -0.05) is 86.4 Å². The van der Waals surface area contributed by atoms with Crippen LogP contribution in [0.2, 0.25) is 0 Å². The van der Waals surface area contributed by atoms with E-state index in [2.05, 4.69) is 145 Å². The van der Waals surface area contributed by atoms with E-state index in [1.165, 1.54) is 33.4 Å². The first-order valence-corrected chi connectivity index (χ1v) is 44.1. The molecule has 124 heavy (non-hydrogen) atoms. The summed E-state index contributed by atoms with van der Waals surface area (Å²) in [7, 11) is 0. The first-order chi connectivity index (χ1) is 59.8. The molecule has 16 N–H and O–H groups in total. The maximum atomic E-state index is 12.9. The first-order valence-electron chi connectivity index (χ1n) is 42.0. The van der Waals surface area contributed by atoms with Gasteiger partial charge in [0.1, 0.15) is 39.8 Å². The van der Waals surface area contributed by atoms with E-state index in [0.717, 1.165) is 148 Å². The molecule has 8 heterocycles. The van der Waals surface area contributed by atoms with Crippen LogP contribution in [0.3, 0.4) is 0 Å². The van der Waals surface area contributed by atoms with Gasteiger partial charge < -0.3 is 103 Å². The van der Waals surface area contributed by atoms with Gasteiger partial charge in [0, 0.05) is 122 Å². The van der Waals surface area contributed by atoms with Crippen LogP contribution in [0, 0.1) is 13.8 Å². The Kier molecular flexibility index (Phi) is 39.9. The van der Waals surface area contributed by atoms with Gasteiger partial charge in [0.2, 0.25) is 35.5 Å². The Labute approximate surface area is 728 Å². The van der Waals surface area contributed by atoms with Crippen molar-refractivity contribution in [1.29, 1.82) is 0 Å². The third-order valence-electron chi connectivity index (χ3n) is 20.7. The number of aryl methyl sites for hydroxylation is 2. The molecule has 0 bridgehead atoms. The molecule has 0 saturated carbocycles. The van der Waals surface area contributed by atoms with Crippen LogP contribution in [0.25, 0.3) is 22.1 Å². The number of aromatic nitrogens is 12. The average Bonchev–Trinajstić information content (AvgIpc) is 1.64. The van der Waals surface area contributed by atoms with Crippen LogP contribution in [0.5, 0.6) is 0 Å². The van der Waals surface area contributed by atoms with Crippen molar-refractivity contribution in [2.45, 2.75) is 167 Å². The Hall–Kier alpha value is -10.7. The van der Waals surface area contributed by atoms with Crippen molar-refractivity contribution in [3.05, 3.63) is 118 Å². The molecule has 6 aromatic heterocycles. The van der Waals surface area contributed by atoms with E-state index in [0.29, 0.717) is 129 Å². The number of nitrogens with one attached hydrogen (secondary N) is 4. The number of carbonyl (C=O) groups is 8. The number of carbonyl (C=O) groups excluding carboxylic acids is 4. The quantitative estimate of drug-likeness (QED) is 0.0241. The second kappa shape index (κ2) is 50.9. The van der Waals surface area contributed by atoms with Crippen LogP contribution in [0.4, 0.5) is 23.5 Å². The van der Waals surface area contributed by atoms with Gasteiger partial charge in [-0.15, -0.1) is 33.7 Å². The van der Waals surface area contributed by atoms with E-state index in [1.54, 1.807) is 21.8 Å². The lowest BCUT2D eigenvalue weighted by Crippen LogP contribution is -2.48. The van der Waals surface area contributed by atoms with Gasteiger partial charge in [-0.3, -0.25) is 48.2 Å². The number of hydrogen-bond acceptors (Lipinski definition) is 30. The molecule has 8 aromatic rings. The SMILES string of the molecule is CCCCCNc1nc(N)nc2ccn(Cc3ccc(CN4CCN(C(=O)CCOCCOCCn5cc(CNC(=O)C(CC(=O)O)SC[C@H](N)C(=O)O)nn5)CC4)cc3C)c12.CCCCCNc1nc(N)nc2ccn(Cc3ccc(CN4CCN(C(=O)CCOCCOCCn5cc(CNC(=O)CC(SC[C@H](N)C(=O)O)C(=O)O)nn5)CC4)cc3C)c12. The van der Waals surface area contributed by atoms with Gasteiger partial charge in [0.25, 0.3) is 0 Å². The highest BCUT2D eigenvalue weighted by molar-refractivity contribution is 8.00. The molecule has 0 radical (unpaired) electrons. The minimum atomic E-state index is -1.24. The maximum Gasteiger partial charge on any atom is 0.321 e. The van der Waals surface area contributed by atoms with Gasteiger partial charge in [-0.25, -0.2) is 19.3 Å². The smallest absolute Gasteiger partial charge is 0.321 e. The number of hydrogen-bond donors (Lipinski definition) is 12. The summed E-state index contributed by atoms with van der Waals surface area (Å²) < 4.78 is 30.0. The molecule has 2 aliphatic rings. The fraction of sp³-hybridized carbons (Fsp3) is 0.561. The molecule has 676 valence electrons. The van der Waals surface area contributed by atoms with Crippen molar-refractivity contribution in [3.8, 4) is 0 Å². The van der Waals surface area contributed by atoms with E-state index < -0.39 is 64.7 Å². The van der Waals surface area contributed by atoms with Crippen LogP contribution in [0.15, 0.2) is 73.3 Å². The van der Waals surface area contributed by atoms with Gasteiger partial charge >= 0.3 is 23.9 Å². The van der Waals surface area contributed by atoms with Crippen molar-refractivity contribution < 1.29 is 77.7 Å². The number of nitrogens with two attached hydrogens (primary N) is 4. The molecule has 4 atom stereocenters. The number of carboxylic acid groups (broad SMARTS) is 4. The predicted octanol–water partition coefficient (Wildman–Crippen LogP) is 3.87. The zero-order valence-electron chi connectivity index (χ0n) is 71.1. The second-order valence-electron chi connectivity index (χ2n) is 30.4. The fourth-order valence-corrected chi connectivity index (χ4v) is 15.8. The first kappa shape index (κ1) is 97.1. The molecule has 2 fully saturated rings. The van der Waals surface area contributed by atoms with Crippen LogP contribution in [-0.4, -0.2) is 299 Å². The molecular weight excluding hydrogens is 1640 g/mol. The molecule has 2 saturated heterocycles. The number of nitrogens with zero attached hydrogens (tertiary/aromatic N) is 16. The number of rotatable bonds is 54. The summed E-state index contributed by atoms with van der Waals surface area (Å²) in [4.78, 5) is 122. The highest BCUT2D eigenvalue weighted by atomic mass is 32.2.